The third-order valence-electron chi connectivity index (χ3n) is 3.63. The summed E-state index contributed by atoms with van der Waals surface area (Å²) in [6.45, 7) is 5.30. The molecule has 0 atom stereocenters. The highest BCUT2D eigenvalue weighted by molar-refractivity contribution is 6.31. The minimum Gasteiger partial charge on any atom is -0.376 e. The van der Waals surface area contributed by atoms with Crippen molar-refractivity contribution < 1.29 is 9.59 Å². The molecule has 126 valence electrons. The van der Waals surface area contributed by atoms with Crippen LogP contribution in [0.5, 0.6) is 0 Å². The normalized spacial score (nSPS) is 10.2. The van der Waals surface area contributed by atoms with Gasteiger partial charge in [-0.15, -0.1) is 0 Å². The van der Waals surface area contributed by atoms with Crippen LogP contribution in [0.2, 0.25) is 5.02 Å². The van der Waals surface area contributed by atoms with Crippen molar-refractivity contribution in [1.82, 2.24) is 0 Å². The number of hydrogen-bond donors (Lipinski definition) is 3. The highest BCUT2D eigenvalue weighted by Gasteiger charge is 2.09. The quantitative estimate of drug-likeness (QED) is 0.768. The molecular formula is C18H20ClN3O2. The molecule has 2 amide bonds. The van der Waals surface area contributed by atoms with Crippen LogP contribution in [0.3, 0.4) is 0 Å². The molecule has 2 aromatic carbocycles. The second-order valence-electron chi connectivity index (χ2n) is 5.47. The van der Waals surface area contributed by atoms with Gasteiger partial charge in [0.05, 0.1) is 6.54 Å². The molecule has 0 bridgehead atoms. The Labute approximate surface area is 146 Å². The largest absolute Gasteiger partial charge is 0.376 e. The monoisotopic (exact) mass is 345 g/mol. The molecule has 24 heavy (non-hydrogen) atoms. The third kappa shape index (κ3) is 4.49. The van der Waals surface area contributed by atoms with E-state index in [1.807, 2.05) is 38.1 Å². The van der Waals surface area contributed by atoms with Crippen molar-refractivity contribution in [3.05, 3.63) is 52.5 Å². The molecule has 0 fully saturated rings. The number of benzene rings is 2. The Bertz CT molecular complexity index is 775. The lowest BCUT2D eigenvalue weighted by Gasteiger charge is -2.14. The van der Waals surface area contributed by atoms with E-state index in [1.165, 1.54) is 6.92 Å². The Morgan fingerprint density at radius 1 is 0.917 bits per heavy atom. The lowest BCUT2D eigenvalue weighted by Crippen LogP contribution is -2.22. The molecule has 0 unspecified atom stereocenters. The first kappa shape index (κ1) is 17.8. The Balaban J connectivity index is 2.02. The van der Waals surface area contributed by atoms with Gasteiger partial charge >= 0.3 is 0 Å². The number of rotatable bonds is 5. The van der Waals surface area contributed by atoms with Crippen molar-refractivity contribution >= 4 is 40.5 Å². The molecule has 0 saturated heterocycles. The zero-order valence-corrected chi connectivity index (χ0v) is 14.6. The number of carbonyl (C=O) groups excluding carboxylic acids is 2. The summed E-state index contributed by atoms with van der Waals surface area (Å²) in [7, 11) is 0. The van der Waals surface area contributed by atoms with Gasteiger partial charge in [-0.05, 0) is 49.2 Å². The van der Waals surface area contributed by atoms with Crippen LogP contribution in [0.25, 0.3) is 0 Å². The standard InChI is InChI=1S/C18H20ClN3O2/c1-11-14(19)6-4-8-16(11)22-18(24)10-20-15-7-5-9-17(12(15)2)21-13(3)23/h4-9,20H,10H2,1-3H3,(H,21,23)(H,22,24). The fraction of sp³-hybridized carbons (Fsp3) is 0.222. The van der Waals surface area contributed by atoms with Crippen LogP contribution in [0.15, 0.2) is 36.4 Å². The summed E-state index contributed by atoms with van der Waals surface area (Å²) < 4.78 is 0. The van der Waals surface area contributed by atoms with Gasteiger partial charge in [0.25, 0.3) is 0 Å². The molecule has 5 nitrogen and oxygen atoms in total. The van der Waals surface area contributed by atoms with E-state index in [-0.39, 0.29) is 18.4 Å². The molecule has 0 aliphatic heterocycles. The van der Waals surface area contributed by atoms with Crippen LogP contribution in [-0.4, -0.2) is 18.4 Å². The molecule has 0 heterocycles. The van der Waals surface area contributed by atoms with Gasteiger partial charge in [-0.2, -0.15) is 0 Å². The van der Waals surface area contributed by atoms with Gasteiger partial charge < -0.3 is 16.0 Å². The number of nitrogens with one attached hydrogen (secondary N) is 3. The fourth-order valence-corrected chi connectivity index (χ4v) is 2.44. The van der Waals surface area contributed by atoms with E-state index in [0.717, 1.165) is 22.5 Å². The van der Waals surface area contributed by atoms with Gasteiger partial charge in [0, 0.05) is 29.0 Å². The fourth-order valence-electron chi connectivity index (χ4n) is 2.27. The maximum absolute atomic E-state index is 12.1. The van der Waals surface area contributed by atoms with Crippen molar-refractivity contribution in [2.45, 2.75) is 20.8 Å². The van der Waals surface area contributed by atoms with Crippen LogP contribution < -0.4 is 16.0 Å². The third-order valence-corrected chi connectivity index (χ3v) is 4.04. The molecule has 0 spiro atoms. The van der Waals surface area contributed by atoms with Crippen molar-refractivity contribution in [1.29, 1.82) is 0 Å². The van der Waals surface area contributed by atoms with Crippen LogP contribution >= 0.6 is 11.6 Å². The Hall–Kier alpha value is -2.53. The van der Waals surface area contributed by atoms with E-state index in [4.69, 9.17) is 11.6 Å². The Morgan fingerprint density at radius 2 is 1.50 bits per heavy atom. The van der Waals surface area contributed by atoms with Crippen molar-refractivity contribution in [3.8, 4) is 0 Å². The zero-order chi connectivity index (χ0) is 17.7. The maximum Gasteiger partial charge on any atom is 0.243 e. The molecule has 0 aromatic heterocycles. The second-order valence-corrected chi connectivity index (χ2v) is 5.88. The minimum absolute atomic E-state index is 0.107. The molecule has 2 aromatic rings. The topological polar surface area (TPSA) is 70.2 Å². The van der Waals surface area contributed by atoms with Crippen molar-refractivity contribution in [2.75, 3.05) is 22.5 Å². The first-order valence-electron chi connectivity index (χ1n) is 7.54. The van der Waals surface area contributed by atoms with Gasteiger partial charge in [-0.1, -0.05) is 23.7 Å². The molecular weight excluding hydrogens is 326 g/mol. The first-order chi connectivity index (χ1) is 11.4. The lowest BCUT2D eigenvalue weighted by atomic mass is 10.1. The van der Waals surface area contributed by atoms with E-state index < -0.39 is 0 Å². The van der Waals surface area contributed by atoms with E-state index in [2.05, 4.69) is 16.0 Å². The SMILES string of the molecule is CC(=O)Nc1cccc(NCC(=O)Nc2cccc(Cl)c2C)c1C. The van der Waals surface area contributed by atoms with Crippen LogP contribution in [-0.2, 0) is 9.59 Å². The molecule has 0 aliphatic carbocycles. The highest BCUT2D eigenvalue weighted by Crippen LogP contribution is 2.24. The predicted molar refractivity (Wildman–Crippen MR) is 98.8 cm³/mol. The van der Waals surface area contributed by atoms with Crippen LogP contribution in [0.1, 0.15) is 18.1 Å². The first-order valence-corrected chi connectivity index (χ1v) is 7.92. The number of amides is 2. The van der Waals surface area contributed by atoms with E-state index >= 15 is 0 Å². The van der Waals surface area contributed by atoms with Gasteiger partial charge in [-0.3, -0.25) is 9.59 Å². The van der Waals surface area contributed by atoms with E-state index in [1.54, 1.807) is 12.1 Å². The number of anilines is 3. The molecule has 3 N–H and O–H groups in total. The summed E-state index contributed by atoms with van der Waals surface area (Å²) in [5.74, 6) is -0.311. The van der Waals surface area contributed by atoms with Crippen LogP contribution in [0.4, 0.5) is 17.1 Å². The zero-order valence-electron chi connectivity index (χ0n) is 13.9. The summed E-state index contributed by atoms with van der Waals surface area (Å²) in [4.78, 5) is 23.3. The number of carbonyl (C=O) groups is 2. The van der Waals surface area contributed by atoms with E-state index in [0.29, 0.717) is 10.7 Å². The Morgan fingerprint density at radius 3 is 2.17 bits per heavy atom. The van der Waals surface area contributed by atoms with E-state index in [9.17, 15) is 9.59 Å². The van der Waals surface area contributed by atoms with Crippen molar-refractivity contribution in [2.24, 2.45) is 0 Å². The van der Waals surface area contributed by atoms with Gasteiger partial charge in [0.1, 0.15) is 0 Å². The molecule has 0 aliphatic rings. The van der Waals surface area contributed by atoms with Crippen LogP contribution in [0, 0.1) is 13.8 Å². The predicted octanol–water partition coefficient (Wildman–Crippen LogP) is 3.97. The summed E-state index contributed by atoms with van der Waals surface area (Å²) in [5.41, 5.74) is 3.91. The number of hydrogen-bond acceptors (Lipinski definition) is 3. The molecule has 0 saturated carbocycles. The highest BCUT2D eigenvalue weighted by atomic mass is 35.5. The minimum atomic E-state index is -0.176. The lowest BCUT2D eigenvalue weighted by molar-refractivity contribution is -0.115. The Kier molecular flexibility index (Phi) is 5.82. The summed E-state index contributed by atoms with van der Waals surface area (Å²) in [5, 5.41) is 9.29. The smallest absolute Gasteiger partial charge is 0.243 e. The summed E-state index contributed by atoms with van der Waals surface area (Å²) in [6.07, 6.45) is 0. The maximum atomic E-state index is 12.1. The molecule has 6 heteroatoms. The van der Waals surface area contributed by atoms with Gasteiger partial charge in [0.2, 0.25) is 11.8 Å². The van der Waals surface area contributed by atoms with Gasteiger partial charge in [-0.25, -0.2) is 0 Å². The molecule has 2 rings (SSSR count). The van der Waals surface area contributed by atoms with Crippen molar-refractivity contribution in [3.63, 3.8) is 0 Å². The summed E-state index contributed by atoms with van der Waals surface area (Å²) in [6, 6.07) is 10.9. The average Bonchev–Trinajstić information content (AvgIpc) is 2.52. The van der Waals surface area contributed by atoms with Gasteiger partial charge in [0.15, 0.2) is 0 Å². The number of halogens is 1. The summed E-state index contributed by atoms with van der Waals surface area (Å²) >= 11 is 6.05. The second kappa shape index (κ2) is 7.84. The molecule has 0 radical (unpaired) electrons. The average molecular weight is 346 g/mol.